The van der Waals surface area contributed by atoms with E-state index in [1.165, 1.54) is 12.2 Å². The predicted octanol–water partition coefficient (Wildman–Crippen LogP) is 0.801. The number of carboxylic acid groups (broad SMARTS) is 1. The Morgan fingerprint density at radius 2 is 1.54 bits per heavy atom. The fourth-order valence-corrected chi connectivity index (χ4v) is 2.18. The number of hydrogen-bond donors (Lipinski definition) is 4. The Kier molecular flexibility index (Phi) is 16.0. The second-order valence-electron chi connectivity index (χ2n) is 5.81. The molecule has 0 heterocycles. The zero-order chi connectivity index (χ0) is 21.0. The van der Waals surface area contributed by atoms with Crippen LogP contribution in [0.5, 0.6) is 0 Å². The molecule has 0 fully saturated rings. The van der Waals surface area contributed by atoms with Crippen molar-refractivity contribution in [1.82, 2.24) is 5.32 Å². The van der Waals surface area contributed by atoms with Gasteiger partial charge in [0.05, 0.1) is 19.7 Å². The highest BCUT2D eigenvalue weighted by molar-refractivity contribution is 5.73. The average Bonchev–Trinajstić information content (AvgIpc) is 2.70. The van der Waals surface area contributed by atoms with Crippen molar-refractivity contribution in [2.24, 2.45) is 9.98 Å². The quantitative estimate of drug-likeness (QED) is 0.168. The highest BCUT2D eigenvalue weighted by Crippen LogP contribution is 2.04. The summed E-state index contributed by atoms with van der Waals surface area (Å²) in [5.41, 5.74) is 0.854. The van der Waals surface area contributed by atoms with Gasteiger partial charge in [0.2, 0.25) is 12.2 Å². The average molecular weight is 393 g/mol. The van der Waals surface area contributed by atoms with Crippen molar-refractivity contribution in [3.05, 3.63) is 35.9 Å². The van der Waals surface area contributed by atoms with Crippen LogP contribution in [0.3, 0.4) is 0 Å². The number of unbranched alkanes of at least 4 members (excludes halogenated alkanes) is 3. The molecule has 0 radical (unpaired) electrons. The Hall–Kier alpha value is -2.67. The summed E-state index contributed by atoms with van der Waals surface area (Å²) in [4.78, 5) is 37.0. The van der Waals surface area contributed by atoms with Crippen LogP contribution in [0.1, 0.15) is 31.2 Å². The monoisotopic (exact) mass is 393 g/mol. The van der Waals surface area contributed by atoms with Crippen LogP contribution < -0.4 is 5.32 Å². The highest BCUT2D eigenvalue weighted by Gasteiger charge is 2.20. The number of aliphatic imine (C=N–C) groups is 2. The van der Waals surface area contributed by atoms with Crippen molar-refractivity contribution in [2.45, 2.75) is 44.4 Å². The Morgan fingerprint density at radius 1 is 1.00 bits per heavy atom. The fraction of sp³-hybridized carbons (Fsp3) is 0.526. The number of carbonyl (C=O) groups is 1. The van der Waals surface area contributed by atoms with Crippen LogP contribution in [0.15, 0.2) is 40.3 Å². The second-order valence-corrected chi connectivity index (χ2v) is 5.81. The van der Waals surface area contributed by atoms with Crippen LogP contribution >= 0.6 is 0 Å². The first-order valence-electron chi connectivity index (χ1n) is 8.94. The topological polar surface area (TPSA) is 149 Å². The van der Waals surface area contributed by atoms with Gasteiger partial charge in [-0.1, -0.05) is 43.2 Å². The van der Waals surface area contributed by atoms with Gasteiger partial charge in [-0.2, -0.15) is 0 Å². The molecule has 0 aromatic heterocycles. The molecule has 1 unspecified atom stereocenters. The molecule has 0 bridgehead atoms. The van der Waals surface area contributed by atoms with E-state index < -0.39 is 24.8 Å². The van der Waals surface area contributed by atoms with Crippen molar-refractivity contribution in [2.75, 3.05) is 19.7 Å². The molecule has 0 amide bonds. The first-order chi connectivity index (χ1) is 13.5. The lowest BCUT2D eigenvalue weighted by Gasteiger charge is -2.17. The number of rotatable bonds is 13. The maximum absolute atomic E-state index is 10.9. The third-order valence-corrected chi connectivity index (χ3v) is 3.57. The predicted molar refractivity (Wildman–Crippen MR) is 102 cm³/mol. The summed E-state index contributed by atoms with van der Waals surface area (Å²) in [7, 11) is 0. The number of aliphatic hydroxyl groups is 2. The number of nitrogens with zero attached hydrogens (tertiary/aromatic N) is 2. The Morgan fingerprint density at radius 3 is 1.96 bits per heavy atom. The van der Waals surface area contributed by atoms with Crippen molar-refractivity contribution in [3.63, 3.8) is 0 Å². The van der Waals surface area contributed by atoms with Crippen LogP contribution in [-0.2, 0) is 20.8 Å². The lowest BCUT2D eigenvalue weighted by molar-refractivity contribution is -0.140. The number of isocyanates is 2. The normalized spacial score (nSPS) is 11.8. The molecule has 28 heavy (non-hydrogen) atoms. The maximum atomic E-state index is 10.9. The number of nitrogens with one attached hydrogen (secondary N) is 1. The molecule has 4 N–H and O–H groups in total. The molecule has 9 heteroatoms. The van der Waals surface area contributed by atoms with Gasteiger partial charge < -0.3 is 15.3 Å². The van der Waals surface area contributed by atoms with E-state index in [0.717, 1.165) is 31.2 Å². The molecule has 0 saturated carbocycles. The van der Waals surface area contributed by atoms with E-state index in [-0.39, 0.29) is 6.42 Å². The van der Waals surface area contributed by atoms with E-state index in [1.54, 1.807) is 0 Å². The number of aliphatic carboxylic acids is 1. The number of aliphatic hydroxyl groups excluding tert-OH is 2. The molecule has 9 nitrogen and oxygen atoms in total. The van der Waals surface area contributed by atoms with Gasteiger partial charge in [-0.05, 0) is 24.8 Å². The Balaban J connectivity index is 0.000000546. The zero-order valence-electron chi connectivity index (χ0n) is 15.7. The summed E-state index contributed by atoms with van der Waals surface area (Å²) >= 11 is 0. The molecule has 0 saturated heterocycles. The van der Waals surface area contributed by atoms with Crippen molar-refractivity contribution in [1.29, 1.82) is 0 Å². The summed E-state index contributed by atoms with van der Waals surface area (Å²) in [6.45, 7) is 0.597. The molecule has 0 spiro atoms. The van der Waals surface area contributed by atoms with Crippen molar-refractivity contribution >= 4 is 18.1 Å². The summed E-state index contributed by atoms with van der Waals surface area (Å²) in [5, 5.41) is 29.1. The highest BCUT2D eigenvalue weighted by atomic mass is 16.4. The van der Waals surface area contributed by atoms with E-state index in [2.05, 4.69) is 15.3 Å². The lowest BCUT2D eigenvalue weighted by atomic mass is 10.1. The van der Waals surface area contributed by atoms with Gasteiger partial charge in [-0.15, -0.1) is 0 Å². The molecule has 0 aliphatic rings. The van der Waals surface area contributed by atoms with E-state index in [4.69, 9.17) is 15.3 Å². The number of carboxylic acids is 1. The fourth-order valence-electron chi connectivity index (χ4n) is 2.18. The zero-order valence-corrected chi connectivity index (χ0v) is 15.7. The van der Waals surface area contributed by atoms with Crippen molar-refractivity contribution < 1.29 is 29.7 Å². The van der Waals surface area contributed by atoms with Gasteiger partial charge >= 0.3 is 5.97 Å². The third kappa shape index (κ3) is 14.5. The van der Waals surface area contributed by atoms with Crippen LogP contribution in [0.25, 0.3) is 0 Å². The number of benzene rings is 1. The SMILES string of the molecule is O=C(O)[C@H](Cc1ccccc1)NC(O)CO.O=C=NCCCCCCN=C=O. The van der Waals surface area contributed by atoms with Gasteiger partial charge in [0.25, 0.3) is 0 Å². The van der Waals surface area contributed by atoms with Crippen LogP contribution in [0.4, 0.5) is 0 Å². The van der Waals surface area contributed by atoms with Crippen molar-refractivity contribution in [3.8, 4) is 0 Å². The number of carbonyl (C=O) groups excluding carboxylic acids is 2. The molecule has 1 aromatic rings. The van der Waals surface area contributed by atoms with Gasteiger partial charge in [0.15, 0.2) is 0 Å². The number of hydrogen-bond acceptors (Lipinski definition) is 8. The molecule has 2 atom stereocenters. The summed E-state index contributed by atoms with van der Waals surface area (Å²) in [6, 6.07) is 8.18. The summed E-state index contributed by atoms with van der Waals surface area (Å²) in [5.74, 6) is -1.06. The summed E-state index contributed by atoms with van der Waals surface area (Å²) in [6.07, 6.45) is 5.84. The van der Waals surface area contributed by atoms with Crippen LogP contribution in [0, 0.1) is 0 Å². The van der Waals surface area contributed by atoms with E-state index in [1.807, 2.05) is 30.3 Å². The lowest BCUT2D eigenvalue weighted by Crippen LogP contribution is -2.46. The molecule has 0 aliphatic heterocycles. The molecular formula is C19H27N3O6. The van der Waals surface area contributed by atoms with Crippen LogP contribution in [-0.4, -0.2) is 65.4 Å². The van der Waals surface area contributed by atoms with E-state index in [0.29, 0.717) is 13.1 Å². The minimum atomic E-state index is -1.22. The van der Waals surface area contributed by atoms with E-state index in [9.17, 15) is 14.4 Å². The summed E-state index contributed by atoms with van der Waals surface area (Å²) < 4.78 is 0. The molecule has 1 aromatic carbocycles. The first kappa shape index (κ1) is 25.3. The molecule has 1 rings (SSSR count). The Labute approximate surface area is 163 Å². The molecule has 0 aliphatic carbocycles. The minimum absolute atomic E-state index is 0.257. The maximum Gasteiger partial charge on any atom is 0.321 e. The standard InChI is InChI=1S/C11H15NO4.C8H12N2O2/c13-7-10(14)12-9(11(15)16)6-8-4-2-1-3-5-8;11-7-9-5-3-1-2-4-6-10-8-12/h1-5,9-10,12-14H,6-7H2,(H,15,16);1-6H2/t9-,10?;/m0./s1. The molecule has 154 valence electrons. The van der Waals surface area contributed by atoms with E-state index >= 15 is 0 Å². The smallest absolute Gasteiger partial charge is 0.321 e. The Bertz CT molecular complexity index is 606. The first-order valence-corrected chi connectivity index (χ1v) is 8.94. The van der Waals surface area contributed by atoms with Gasteiger partial charge in [0, 0.05) is 0 Å². The van der Waals surface area contributed by atoms with Gasteiger partial charge in [0.1, 0.15) is 12.3 Å². The minimum Gasteiger partial charge on any atom is -0.480 e. The molecular weight excluding hydrogens is 366 g/mol. The largest absolute Gasteiger partial charge is 0.480 e. The third-order valence-electron chi connectivity index (χ3n) is 3.57. The van der Waals surface area contributed by atoms with Crippen LogP contribution in [0.2, 0.25) is 0 Å². The van der Waals surface area contributed by atoms with Gasteiger partial charge in [-0.25, -0.2) is 19.6 Å². The van der Waals surface area contributed by atoms with Gasteiger partial charge in [-0.3, -0.25) is 10.1 Å². The second kappa shape index (κ2) is 17.7.